The third kappa shape index (κ3) is 3.58. The van der Waals surface area contributed by atoms with Crippen LogP contribution in [0.15, 0.2) is 60.3 Å². The molecule has 1 aliphatic carbocycles. The Balaban J connectivity index is 1.49. The molecule has 1 aliphatic heterocycles. The molecular formula is C22H23N3O2. The van der Waals surface area contributed by atoms with Gasteiger partial charge in [0.2, 0.25) is 5.91 Å². The van der Waals surface area contributed by atoms with Crippen LogP contribution in [0.2, 0.25) is 0 Å². The van der Waals surface area contributed by atoms with Gasteiger partial charge in [-0.2, -0.15) is 0 Å². The number of rotatable bonds is 3. The lowest BCUT2D eigenvalue weighted by Crippen LogP contribution is -2.49. The Bertz CT molecular complexity index is 902. The van der Waals surface area contributed by atoms with E-state index in [2.05, 4.69) is 22.9 Å². The second kappa shape index (κ2) is 7.27. The molecule has 4 rings (SSSR count). The van der Waals surface area contributed by atoms with E-state index in [-0.39, 0.29) is 24.3 Å². The minimum Gasteiger partial charge on any atom is -0.344 e. The summed E-state index contributed by atoms with van der Waals surface area (Å²) in [5.74, 6) is -0.264. The van der Waals surface area contributed by atoms with Crippen LogP contribution >= 0.6 is 0 Å². The van der Waals surface area contributed by atoms with Crippen LogP contribution in [0, 0.1) is 6.92 Å². The van der Waals surface area contributed by atoms with Gasteiger partial charge in [-0.3, -0.25) is 15.0 Å². The van der Waals surface area contributed by atoms with Gasteiger partial charge in [0.25, 0.3) is 5.91 Å². The van der Waals surface area contributed by atoms with Gasteiger partial charge in [0.15, 0.2) is 0 Å². The van der Waals surface area contributed by atoms with Gasteiger partial charge in [0, 0.05) is 6.42 Å². The van der Waals surface area contributed by atoms with Crippen LogP contribution in [-0.4, -0.2) is 11.8 Å². The number of aryl methyl sites for hydroxylation is 2. The Morgan fingerprint density at radius 1 is 1.15 bits per heavy atom. The average Bonchev–Trinajstić information content (AvgIpc) is 2.69. The maximum absolute atomic E-state index is 12.8. The molecule has 138 valence electrons. The number of fused-ring (bicyclic) bond motifs is 1. The van der Waals surface area contributed by atoms with Gasteiger partial charge in [-0.25, -0.2) is 5.01 Å². The largest absolute Gasteiger partial charge is 0.344 e. The molecule has 2 aromatic carbocycles. The van der Waals surface area contributed by atoms with Crippen molar-refractivity contribution in [2.24, 2.45) is 0 Å². The second-order valence-electron chi connectivity index (χ2n) is 7.12. The van der Waals surface area contributed by atoms with Crippen LogP contribution in [0.5, 0.6) is 0 Å². The van der Waals surface area contributed by atoms with E-state index in [4.69, 9.17) is 0 Å². The van der Waals surface area contributed by atoms with Crippen molar-refractivity contribution in [3.63, 3.8) is 0 Å². The standard InChI is InChI=1S/C22H23N3O2/c1-15-9-11-17(12-10-15)25-21(26)14-13-20(24-25)22(27)23-19-8-4-6-16-5-2-3-7-18(16)19/h2-3,5,7,9-13,19,24H,4,6,8,14H2,1H3,(H,23,27)/t19-/m1/s1. The topological polar surface area (TPSA) is 61.4 Å². The number of hydrogen-bond acceptors (Lipinski definition) is 3. The lowest BCUT2D eigenvalue weighted by molar-refractivity contribution is -0.120. The highest BCUT2D eigenvalue weighted by molar-refractivity contribution is 6.01. The number of anilines is 1. The zero-order valence-electron chi connectivity index (χ0n) is 15.4. The highest BCUT2D eigenvalue weighted by atomic mass is 16.2. The first-order valence-corrected chi connectivity index (χ1v) is 9.37. The minimum atomic E-state index is -0.179. The van der Waals surface area contributed by atoms with Gasteiger partial charge in [-0.15, -0.1) is 0 Å². The highest BCUT2D eigenvalue weighted by Crippen LogP contribution is 2.29. The number of amides is 2. The molecule has 5 heteroatoms. The van der Waals surface area contributed by atoms with Gasteiger partial charge in [-0.1, -0.05) is 42.0 Å². The summed E-state index contributed by atoms with van der Waals surface area (Å²) in [5, 5.41) is 4.58. The van der Waals surface area contributed by atoms with Gasteiger partial charge >= 0.3 is 0 Å². The molecule has 0 saturated heterocycles. The molecule has 2 amide bonds. The van der Waals surface area contributed by atoms with Crippen LogP contribution < -0.4 is 15.8 Å². The van der Waals surface area contributed by atoms with Crippen molar-refractivity contribution in [2.45, 2.75) is 38.6 Å². The Hall–Kier alpha value is -3.08. The summed E-state index contributed by atoms with van der Waals surface area (Å²) in [6.07, 6.45) is 4.90. The number of benzene rings is 2. The summed E-state index contributed by atoms with van der Waals surface area (Å²) in [4.78, 5) is 25.1. The fourth-order valence-corrected chi connectivity index (χ4v) is 3.69. The first-order valence-electron chi connectivity index (χ1n) is 9.37. The first kappa shape index (κ1) is 17.3. The molecule has 5 nitrogen and oxygen atoms in total. The first-order chi connectivity index (χ1) is 13.1. The zero-order chi connectivity index (χ0) is 18.8. The van der Waals surface area contributed by atoms with Crippen LogP contribution in [-0.2, 0) is 16.0 Å². The van der Waals surface area contributed by atoms with Gasteiger partial charge in [-0.05, 0) is 55.5 Å². The van der Waals surface area contributed by atoms with Gasteiger partial charge in [0.05, 0.1) is 11.7 Å². The van der Waals surface area contributed by atoms with Crippen LogP contribution in [0.1, 0.15) is 42.0 Å². The third-order valence-electron chi connectivity index (χ3n) is 5.17. The summed E-state index contributed by atoms with van der Waals surface area (Å²) < 4.78 is 0. The van der Waals surface area contributed by atoms with Crippen molar-refractivity contribution in [1.29, 1.82) is 0 Å². The van der Waals surface area contributed by atoms with Crippen molar-refractivity contribution >= 4 is 17.5 Å². The van der Waals surface area contributed by atoms with Crippen LogP contribution in [0.4, 0.5) is 5.69 Å². The average molecular weight is 361 g/mol. The van der Waals surface area contributed by atoms with Crippen molar-refractivity contribution in [1.82, 2.24) is 10.7 Å². The van der Waals surface area contributed by atoms with Crippen LogP contribution in [0.3, 0.4) is 0 Å². The predicted molar refractivity (Wildman–Crippen MR) is 105 cm³/mol. The molecule has 2 N–H and O–H groups in total. The zero-order valence-corrected chi connectivity index (χ0v) is 15.4. The van der Waals surface area contributed by atoms with E-state index in [1.807, 2.05) is 43.3 Å². The Labute approximate surface area is 159 Å². The highest BCUT2D eigenvalue weighted by Gasteiger charge is 2.27. The lowest BCUT2D eigenvalue weighted by Gasteiger charge is -2.31. The second-order valence-corrected chi connectivity index (χ2v) is 7.12. The van der Waals surface area contributed by atoms with Gasteiger partial charge < -0.3 is 5.32 Å². The van der Waals surface area contributed by atoms with E-state index in [1.54, 1.807) is 6.08 Å². The van der Waals surface area contributed by atoms with E-state index < -0.39 is 0 Å². The SMILES string of the molecule is Cc1ccc(N2NC(C(=O)N[C@@H]3CCCc4ccccc43)=CCC2=O)cc1. The number of nitrogens with one attached hydrogen (secondary N) is 2. The summed E-state index contributed by atoms with van der Waals surface area (Å²) in [5.41, 5.74) is 7.74. The number of hydrogen-bond donors (Lipinski definition) is 2. The molecule has 0 spiro atoms. The minimum absolute atomic E-state index is 0.00982. The number of carbonyl (C=O) groups is 2. The molecule has 27 heavy (non-hydrogen) atoms. The smallest absolute Gasteiger partial charge is 0.269 e. The molecule has 1 atom stereocenters. The summed E-state index contributed by atoms with van der Waals surface area (Å²) >= 11 is 0. The van der Waals surface area contributed by atoms with E-state index in [0.29, 0.717) is 5.70 Å². The molecule has 0 saturated carbocycles. The van der Waals surface area contributed by atoms with Crippen molar-refractivity contribution in [3.8, 4) is 0 Å². The number of nitrogens with zero attached hydrogens (tertiary/aromatic N) is 1. The fourth-order valence-electron chi connectivity index (χ4n) is 3.69. The molecule has 2 aromatic rings. The Morgan fingerprint density at radius 3 is 2.74 bits per heavy atom. The van der Waals surface area contributed by atoms with E-state index >= 15 is 0 Å². The van der Waals surface area contributed by atoms with Crippen molar-refractivity contribution in [2.75, 3.05) is 5.01 Å². The quantitative estimate of drug-likeness (QED) is 0.882. The molecule has 0 bridgehead atoms. The summed E-state index contributed by atoms with van der Waals surface area (Å²) in [6, 6.07) is 15.9. The third-order valence-corrected chi connectivity index (χ3v) is 5.17. The molecular weight excluding hydrogens is 338 g/mol. The summed E-state index contributed by atoms with van der Waals surface area (Å²) in [7, 11) is 0. The Kier molecular flexibility index (Phi) is 4.67. The van der Waals surface area contributed by atoms with E-state index in [1.165, 1.54) is 16.1 Å². The summed E-state index contributed by atoms with van der Waals surface area (Å²) in [6.45, 7) is 2.00. The van der Waals surface area contributed by atoms with Crippen molar-refractivity contribution < 1.29 is 9.59 Å². The Morgan fingerprint density at radius 2 is 1.93 bits per heavy atom. The molecule has 1 heterocycles. The monoisotopic (exact) mass is 361 g/mol. The van der Waals surface area contributed by atoms with E-state index in [0.717, 1.165) is 30.5 Å². The molecule has 0 radical (unpaired) electrons. The molecule has 2 aliphatic rings. The lowest BCUT2D eigenvalue weighted by atomic mass is 9.87. The molecule has 0 unspecified atom stereocenters. The maximum Gasteiger partial charge on any atom is 0.269 e. The van der Waals surface area contributed by atoms with Crippen molar-refractivity contribution in [3.05, 3.63) is 77.0 Å². The number of carbonyl (C=O) groups excluding carboxylic acids is 2. The maximum atomic E-state index is 12.8. The molecule has 0 fully saturated rings. The predicted octanol–water partition coefficient (Wildman–Crippen LogP) is 3.31. The number of hydrazine groups is 1. The molecule has 0 aromatic heterocycles. The normalized spacial score (nSPS) is 19.0. The van der Waals surface area contributed by atoms with E-state index in [9.17, 15) is 9.59 Å². The van der Waals surface area contributed by atoms with Crippen LogP contribution in [0.25, 0.3) is 0 Å². The van der Waals surface area contributed by atoms with Gasteiger partial charge in [0.1, 0.15) is 5.70 Å². The fraction of sp³-hybridized carbons (Fsp3) is 0.273.